The second kappa shape index (κ2) is 10.5. The number of carbonyl (C=O) groups is 1. The SMILES string of the molecule is CCCCc1nc(CC2CCCCC2)nn1Cc1ccc(-c2ncccc2C(=O)O)cc1. The summed E-state index contributed by atoms with van der Waals surface area (Å²) in [6, 6.07) is 11.2. The van der Waals surface area contributed by atoms with Gasteiger partial charge in [-0.05, 0) is 30.0 Å². The van der Waals surface area contributed by atoms with E-state index in [0.717, 1.165) is 54.4 Å². The van der Waals surface area contributed by atoms with Gasteiger partial charge in [-0.2, -0.15) is 5.10 Å². The van der Waals surface area contributed by atoms with Crippen LogP contribution in [0.5, 0.6) is 0 Å². The van der Waals surface area contributed by atoms with E-state index in [9.17, 15) is 9.90 Å². The molecule has 168 valence electrons. The first-order valence-electron chi connectivity index (χ1n) is 11.8. The number of aryl methyl sites for hydroxylation is 1. The number of aromatic nitrogens is 4. The number of aromatic carboxylic acids is 1. The number of hydrogen-bond acceptors (Lipinski definition) is 4. The topological polar surface area (TPSA) is 80.9 Å². The van der Waals surface area contributed by atoms with Gasteiger partial charge < -0.3 is 5.11 Å². The van der Waals surface area contributed by atoms with Crippen LogP contribution in [0.25, 0.3) is 11.3 Å². The Labute approximate surface area is 189 Å². The Morgan fingerprint density at radius 3 is 2.62 bits per heavy atom. The fourth-order valence-corrected chi connectivity index (χ4v) is 4.56. The summed E-state index contributed by atoms with van der Waals surface area (Å²) in [5.41, 5.74) is 2.62. The van der Waals surface area contributed by atoms with Crippen molar-refractivity contribution in [3.8, 4) is 11.3 Å². The third-order valence-corrected chi connectivity index (χ3v) is 6.34. The number of carboxylic acid groups (broad SMARTS) is 1. The molecule has 6 nitrogen and oxygen atoms in total. The van der Waals surface area contributed by atoms with Crippen molar-refractivity contribution in [3.63, 3.8) is 0 Å². The molecule has 32 heavy (non-hydrogen) atoms. The normalized spacial score (nSPS) is 14.5. The number of rotatable bonds is 9. The molecule has 0 bridgehead atoms. The van der Waals surface area contributed by atoms with Crippen LogP contribution in [0.4, 0.5) is 0 Å². The maximum absolute atomic E-state index is 11.5. The van der Waals surface area contributed by atoms with Crippen molar-refractivity contribution in [2.75, 3.05) is 0 Å². The Morgan fingerprint density at radius 2 is 1.91 bits per heavy atom. The monoisotopic (exact) mass is 432 g/mol. The van der Waals surface area contributed by atoms with Crippen molar-refractivity contribution < 1.29 is 9.90 Å². The number of unbranched alkanes of at least 4 members (excludes halogenated alkanes) is 1. The molecule has 1 N–H and O–H groups in total. The van der Waals surface area contributed by atoms with Crippen LogP contribution in [-0.2, 0) is 19.4 Å². The Bertz CT molecular complexity index is 1040. The summed E-state index contributed by atoms with van der Waals surface area (Å²) in [7, 11) is 0. The largest absolute Gasteiger partial charge is 0.478 e. The first-order chi connectivity index (χ1) is 15.6. The molecule has 1 aliphatic rings. The van der Waals surface area contributed by atoms with E-state index in [1.54, 1.807) is 18.3 Å². The van der Waals surface area contributed by atoms with E-state index >= 15 is 0 Å². The van der Waals surface area contributed by atoms with Gasteiger partial charge in [0.15, 0.2) is 5.82 Å². The molecule has 0 saturated heterocycles. The van der Waals surface area contributed by atoms with Gasteiger partial charge in [-0.1, -0.05) is 69.7 Å². The van der Waals surface area contributed by atoms with Crippen LogP contribution >= 0.6 is 0 Å². The lowest BCUT2D eigenvalue weighted by Gasteiger charge is -2.19. The van der Waals surface area contributed by atoms with Gasteiger partial charge in [0.05, 0.1) is 17.8 Å². The van der Waals surface area contributed by atoms with Gasteiger partial charge in [0.25, 0.3) is 0 Å². The van der Waals surface area contributed by atoms with E-state index in [2.05, 4.69) is 16.6 Å². The minimum absolute atomic E-state index is 0.214. The molecule has 0 atom stereocenters. The van der Waals surface area contributed by atoms with E-state index in [-0.39, 0.29) is 5.56 Å². The van der Waals surface area contributed by atoms with Gasteiger partial charge in [-0.3, -0.25) is 4.98 Å². The van der Waals surface area contributed by atoms with Crippen molar-refractivity contribution in [1.82, 2.24) is 19.7 Å². The third kappa shape index (κ3) is 5.42. The summed E-state index contributed by atoms with van der Waals surface area (Å²) in [6.07, 6.45) is 12.4. The van der Waals surface area contributed by atoms with Crippen molar-refractivity contribution in [2.24, 2.45) is 5.92 Å². The molecule has 0 spiro atoms. The molecule has 1 saturated carbocycles. The molecule has 1 aromatic carbocycles. The lowest BCUT2D eigenvalue weighted by Crippen LogP contribution is -2.11. The summed E-state index contributed by atoms with van der Waals surface area (Å²) in [5.74, 6) is 1.81. The first kappa shape index (κ1) is 22.2. The zero-order chi connectivity index (χ0) is 22.3. The Hall–Kier alpha value is -3.02. The standard InChI is InChI=1S/C26H32N4O2/c1-2-3-11-24-28-23(17-19-8-5-4-6-9-19)29-30(24)18-20-12-14-21(15-13-20)25-22(26(31)32)10-7-16-27-25/h7,10,12-16,19H,2-6,8-9,11,17-18H2,1H3,(H,31,32). The zero-order valence-corrected chi connectivity index (χ0v) is 18.8. The Balaban J connectivity index is 1.52. The lowest BCUT2D eigenvalue weighted by molar-refractivity contribution is 0.0697. The van der Waals surface area contributed by atoms with Crippen molar-refractivity contribution >= 4 is 5.97 Å². The van der Waals surface area contributed by atoms with Crippen LogP contribution in [0.1, 0.15) is 79.4 Å². The van der Waals surface area contributed by atoms with Crippen LogP contribution in [0.15, 0.2) is 42.6 Å². The van der Waals surface area contributed by atoms with E-state index < -0.39 is 5.97 Å². The van der Waals surface area contributed by atoms with Gasteiger partial charge in [0.2, 0.25) is 0 Å². The van der Waals surface area contributed by atoms with Crippen LogP contribution < -0.4 is 0 Å². The highest BCUT2D eigenvalue weighted by atomic mass is 16.4. The fraction of sp³-hybridized carbons (Fsp3) is 0.462. The third-order valence-electron chi connectivity index (χ3n) is 6.34. The average molecular weight is 433 g/mol. The second-order valence-corrected chi connectivity index (χ2v) is 8.82. The van der Waals surface area contributed by atoms with Crippen molar-refractivity contribution in [3.05, 3.63) is 65.4 Å². The van der Waals surface area contributed by atoms with Crippen molar-refractivity contribution in [2.45, 2.75) is 71.3 Å². The number of benzene rings is 1. The smallest absolute Gasteiger partial charge is 0.337 e. The highest BCUT2D eigenvalue weighted by molar-refractivity contribution is 5.94. The molecule has 2 aromatic heterocycles. The average Bonchev–Trinajstić information content (AvgIpc) is 3.19. The zero-order valence-electron chi connectivity index (χ0n) is 18.8. The molecule has 3 aromatic rings. The molecule has 0 radical (unpaired) electrons. The summed E-state index contributed by atoms with van der Waals surface area (Å²) in [4.78, 5) is 20.7. The highest BCUT2D eigenvalue weighted by Crippen LogP contribution is 2.26. The molecule has 0 aliphatic heterocycles. The highest BCUT2D eigenvalue weighted by Gasteiger charge is 2.18. The molecular formula is C26H32N4O2. The van der Waals surface area contributed by atoms with E-state index in [4.69, 9.17) is 10.1 Å². The Morgan fingerprint density at radius 1 is 1.12 bits per heavy atom. The predicted molar refractivity (Wildman–Crippen MR) is 125 cm³/mol. The molecule has 0 amide bonds. The minimum Gasteiger partial charge on any atom is -0.478 e. The summed E-state index contributed by atoms with van der Waals surface area (Å²) >= 11 is 0. The quantitative estimate of drug-likeness (QED) is 0.479. The summed E-state index contributed by atoms with van der Waals surface area (Å²) in [6.45, 7) is 2.87. The Kier molecular flexibility index (Phi) is 7.30. The van der Waals surface area contributed by atoms with E-state index in [1.165, 1.54) is 32.1 Å². The lowest BCUT2D eigenvalue weighted by atomic mass is 9.87. The molecule has 4 rings (SSSR count). The van der Waals surface area contributed by atoms with Crippen LogP contribution in [-0.4, -0.2) is 30.8 Å². The van der Waals surface area contributed by atoms with E-state index in [1.807, 2.05) is 24.3 Å². The summed E-state index contributed by atoms with van der Waals surface area (Å²) in [5, 5.41) is 14.3. The van der Waals surface area contributed by atoms with Crippen molar-refractivity contribution in [1.29, 1.82) is 0 Å². The second-order valence-electron chi connectivity index (χ2n) is 8.82. The van der Waals surface area contributed by atoms with Gasteiger partial charge in [0, 0.05) is 24.6 Å². The summed E-state index contributed by atoms with van der Waals surface area (Å²) < 4.78 is 2.06. The molecule has 6 heteroatoms. The number of carboxylic acids is 1. The number of nitrogens with zero attached hydrogens (tertiary/aromatic N) is 4. The molecule has 1 fully saturated rings. The maximum Gasteiger partial charge on any atom is 0.337 e. The molecule has 2 heterocycles. The molecule has 0 unspecified atom stereocenters. The van der Waals surface area contributed by atoms with E-state index in [0.29, 0.717) is 12.2 Å². The maximum atomic E-state index is 11.5. The van der Waals surface area contributed by atoms with Gasteiger partial charge in [-0.15, -0.1) is 0 Å². The van der Waals surface area contributed by atoms with Crippen LogP contribution in [0, 0.1) is 5.92 Å². The number of pyridine rings is 1. The van der Waals surface area contributed by atoms with Crippen LogP contribution in [0.3, 0.4) is 0 Å². The van der Waals surface area contributed by atoms with Gasteiger partial charge >= 0.3 is 5.97 Å². The van der Waals surface area contributed by atoms with Gasteiger partial charge in [0.1, 0.15) is 5.82 Å². The fourth-order valence-electron chi connectivity index (χ4n) is 4.56. The van der Waals surface area contributed by atoms with Crippen LogP contribution in [0.2, 0.25) is 0 Å². The molecule has 1 aliphatic carbocycles. The molecular weight excluding hydrogens is 400 g/mol. The predicted octanol–water partition coefficient (Wildman–Crippen LogP) is 5.55. The first-order valence-corrected chi connectivity index (χ1v) is 11.8. The minimum atomic E-state index is -0.967. The number of hydrogen-bond donors (Lipinski definition) is 1. The van der Waals surface area contributed by atoms with Gasteiger partial charge in [-0.25, -0.2) is 14.5 Å².